The number of amides is 2. The van der Waals surface area contributed by atoms with Gasteiger partial charge in [0.15, 0.2) is 0 Å². The van der Waals surface area contributed by atoms with Gasteiger partial charge >= 0.3 is 0 Å². The molecule has 17 heavy (non-hydrogen) atoms. The van der Waals surface area contributed by atoms with Crippen molar-refractivity contribution in [3.05, 3.63) is 12.4 Å². The predicted molar refractivity (Wildman–Crippen MR) is 62.7 cm³/mol. The van der Waals surface area contributed by atoms with Crippen LogP contribution in [-0.4, -0.2) is 23.3 Å². The lowest BCUT2D eigenvalue weighted by molar-refractivity contribution is -0.123. The molecule has 1 saturated heterocycles. The van der Waals surface area contributed by atoms with E-state index in [4.69, 9.17) is 17.2 Å². The number of carbonyl (C=O) groups excluding carboxylic acids is 2. The number of anilines is 3. The number of rotatable bonds is 2. The van der Waals surface area contributed by atoms with Crippen LogP contribution < -0.4 is 22.1 Å². The average Bonchev–Trinajstić information content (AvgIpc) is 2.65. The second-order valence-electron chi connectivity index (χ2n) is 3.97. The molecular weight excluding hydrogens is 222 g/mol. The number of nitrogen functional groups attached to an aromatic ring is 2. The Hall–Kier alpha value is -2.31. The molecule has 2 heterocycles. The van der Waals surface area contributed by atoms with Gasteiger partial charge in [-0.05, 0) is 0 Å². The zero-order valence-electron chi connectivity index (χ0n) is 9.09. The highest BCUT2D eigenvalue weighted by Gasteiger charge is 2.35. The fourth-order valence-corrected chi connectivity index (χ4v) is 1.82. The number of pyridine rings is 1. The van der Waals surface area contributed by atoms with Gasteiger partial charge in [-0.1, -0.05) is 0 Å². The summed E-state index contributed by atoms with van der Waals surface area (Å²) < 4.78 is 0. The van der Waals surface area contributed by atoms with Gasteiger partial charge in [0.25, 0.3) is 0 Å². The molecule has 1 aliphatic heterocycles. The summed E-state index contributed by atoms with van der Waals surface area (Å²) in [5, 5.41) is 0. The van der Waals surface area contributed by atoms with Gasteiger partial charge < -0.3 is 22.1 Å². The molecule has 1 fully saturated rings. The molecule has 2 rings (SSSR count). The second-order valence-corrected chi connectivity index (χ2v) is 3.97. The largest absolute Gasteiger partial charge is 0.396 e. The number of hydrogen-bond donors (Lipinski definition) is 3. The van der Waals surface area contributed by atoms with Crippen molar-refractivity contribution in [2.75, 3.05) is 22.9 Å². The Balaban J connectivity index is 2.32. The molecule has 0 saturated carbocycles. The average molecular weight is 235 g/mol. The Morgan fingerprint density at radius 1 is 1.41 bits per heavy atom. The van der Waals surface area contributed by atoms with Gasteiger partial charge in [-0.2, -0.15) is 0 Å². The maximum Gasteiger partial charge on any atom is 0.227 e. The van der Waals surface area contributed by atoms with E-state index in [1.54, 1.807) is 0 Å². The maximum atomic E-state index is 11.7. The number of nitrogens with zero attached hydrogens (tertiary/aromatic N) is 2. The number of carbonyl (C=O) groups is 2. The van der Waals surface area contributed by atoms with Gasteiger partial charge in [-0.25, -0.2) is 0 Å². The summed E-state index contributed by atoms with van der Waals surface area (Å²) in [4.78, 5) is 28.1. The molecule has 1 aromatic rings. The van der Waals surface area contributed by atoms with E-state index in [-0.39, 0.29) is 18.9 Å². The van der Waals surface area contributed by atoms with Gasteiger partial charge in [0.2, 0.25) is 11.8 Å². The van der Waals surface area contributed by atoms with E-state index in [0.29, 0.717) is 17.1 Å². The highest BCUT2D eigenvalue weighted by atomic mass is 16.2. The third-order valence-electron chi connectivity index (χ3n) is 2.82. The highest BCUT2D eigenvalue weighted by Crippen LogP contribution is 2.31. The van der Waals surface area contributed by atoms with Crippen LogP contribution in [0, 0.1) is 5.92 Å². The topological polar surface area (TPSA) is 128 Å². The van der Waals surface area contributed by atoms with Gasteiger partial charge in [0, 0.05) is 13.0 Å². The van der Waals surface area contributed by atoms with Crippen LogP contribution in [0.5, 0.6) is 0 Å². The number of hydrogen-bond acceptors (Lipinski definition) is 5. The lowest BCUT2D eigenvalue weighted by atomic mass is 10.1. The lowest BCUT2D eigenvalue weighted by Gasteiger charge is -2.18. The lowest BCUT2D eigenvalue weighted by Crippen LogP contribution is -2.29. The van der Waals surface area contributed by atoms with Crippen LogP contribution in [0.15, 0.2) is 12.4 Å². The molecule has 1 aromatic heterocycles. The van der Waals surface area contributed by atoms with Crippen LogP contribution in [0.3, 0.4) is 0 Å². The molecule has 0 spiro atoms. The third kappa shape index (κ3) is 1.86. The summed E-state index contributed by atoms with van der Waals surface area (Å²) >= 11 is 0. The van der Waals surface area contributed by atoms with E-state index in [9.17, 15) is 9.59 Å². The molecule has 7 heteroatoms. The minimum atomic E-state index is -0.490. The monoisotopic (exact) mass is 235 g/mol. The first-order valence-corrected chi connectivity index (χ1v) is 5.09. The number of aromatic nitrogens is 1. The second kappa shape index (κ2) is 3.93. The quantitative estimate of drug-likeness (QED) is 0.610. The van der Waals surface area contributed by atoms with E-state index in [1.807, 2.05) is 0 Å². The molecule has 1 atom stereocenters. The van der Waals surface area contributed by atoms with Gasteiger partial charge in [0.05, 0.1) is 35.4 Å². The molecule has 6 N–H and O–H groups in total. The van der Waals surface area contributed by atoms with E-state index in [0.717, 1.165) is 0 Å². The zero-order chi connectivity index (χ0) is 12.6. The van der Waals surface area contributed by atoms with Crippen molar-refractivity contribution >= 4 is 28.9 Å². The van der Waals surface area contributed by atoms with Crippen molar-refractivity contribution in [2.24, 2.45) is 11.7 Å². The molecule has 0 bridgehead atoms. The number of nitrogens with two attached hydrogens (primary N) is 3. The van der Waals surface area contributed by atoms with Crippen LogP contribution in [0.2, 0.25) is 0 Å². The SMILES string of the molecule is NC(=O)C1CC(=O)N(c2cncc(N)c2N)C1. The Morgan fingerprint density at radius 3 is 2.71 bits per heavy atom. The summed E-state index contributed by atoms with van der Waals surface area (Å²) in [6, 6.07) is 0. The van der Waals surface area contributed by atoms with E-state index in [1.165, 1.54) is 17.3 Å². The van der Waals surface area contributed by atoms with Crippen LogP contribution in [0.25, 0.3) is 0 Å². The van der Waals surface area contributed by atoms with Crippen molar-refractivity contribution in [2.45, 2.75) is 6.42 Å². The van der Waals surface area contributed by atoms with Crippen molar-refractivity contribution in [1.82, 2.24) is 4.98 Å². The summed E-state index contributed by atoms with van der Waals surface area (Å²) in [6.07, 6.45) is 2.96. The van der Waals surface area contributed by atoms with E-state index in [2.05, 4.69) is 4.98 Å². The Kier molecular flexibility index (Phi) is 2.58. The molecule has 0 radical (unpaired) electrons. The van der Waals surface area contributed by atoms with Crippen molar-refractivity contribution in [1.29, 1.82) is 0 Å². The molecule has 7 nitrogen and oxygen atoms in total. The van der Waals surface area contributed by atoms with Crippen LogP contribution in [0.4, 0.5) is 17.1 Å². The molecular formula is C10H13N5O2. The smallest absolute Gasteiger partial charge is 0.227 e. The summed E-state index contributed by atoms with van der Waals surface area (Å²) in [7, 11) is 0. The maximum absolute atomic E-state index is 11.7. The van der Waals surface area contributed by atoms with Gasteiger partial charge in [-0.15, -0.1) is 0 Å². The zero-order valence-corrected chi connectivity index (χ0v) is 9.09. The van der Waals surface area contributed by atoms with Crippen LogP contribution >= 0.6 is 0 Å². The molecule has 0 aromatic carbocycles. The minimum absolute atomic E-state index is 0.101. The number of primary amides is 1. The standard InChI is InChI=1S/C10H13N5O2/c11-6-2-14-3-7(9(6)12)15-4-5(10(13)17)1-8(15)16/h2-3,5H,1,4,11H2,(H2,12,14)(H2,13,17). The first kappa shape index (κ1) is 11.2. The van der Waals surface area contributed by atoms with Gasteiger partial charge in [0.1, 0.15) is 0 Å². The first-order chi connectivity index (χ1) is 8.00. The van der Waals surface area contributed by atoms with E-state index < -0.39 is 11.8 Å². The Bertz CT molecular complexity index is 488. The van der Waals surface area contributed by atoms with Crippen molar-refractivity contribution < 1.29 is 9.59 Å². The fraction of sp³-hybridized carbons (Fsp3) is 0.300. The minimum Gasteiger partial charge on any atom is -0.396 e. The molecule has 90 valence electrons. The molecule has 1 aliphatic rings. The van der Waals surface area contributed by atoms with Gasteiger partial charge in [-0.3, -0.25) is 14.6 Å². The summed E-state index contributed by atoms with van der Waals surface area (Å²) in [6.45, 7) is 0.226. The van der Waals surface area contributed by atoms with Crippen LogP contribution in [0.1, 0.15) is 6.42 Å². The highest BCUT2D eigenvalue weighted by molar-refractivity contribution is 6.02. The normalized spacial score (nSPS) is 19.6. The fourth-order valence-electron chi connectivity index (χ4n) is 1.82. The molecule has 2 amide bonds. The Labute approximate surface area is 97.6 Å². The van der Waals surface area contributed by atoms with Crippen molar-refractivity contribution in [3.63, 3.8) is 0 Å². The Morgan fingerprint density at radius 2 is 2.12 bits per heavy atom. The summed E-state index contributed by atoms with van der Waals surface area (Å²) in [5.74, 6) is -1.17. The first-order valence-electron chi connectivity index (χ1n) is 5.09. The third-order valence-corrected chi connectivity index (χ3v) is 2.82. The van der Waals surface area contributed by atoms with Crippen molar-refractivity contribution in [3.8, 4) is 0 Å². The molecule has 0 aliphatic carbocycles. The predicted octanol–water partition coefficient (Wildman–Crippen LogP) is -0.916. The van der Waals surface area contributed by atoms with E-state index >= 15 is 0 Å². The molecule has 1 unspecified atom stereocenters. The summed E-state index contributed by atoms with van der Waals surface area (Å²) in [5.41, 5.74) is 17.6. The van der Waals surface area contributed by atoms with Crippen LogP contribution in [-0.2, 0) is 9.59 Å².